The Labute approximate surface area is 164 Å². The molecule has 3 rings (SSSR count). The second-order valence-electron chi connectivity index (χ2n) is 7.77. The summed E-state index contributed by atoms with van der Waals surface area (Å²) in [6.07, 6.45) is 2.83. The maximum Gasteiger partial charge on any atom is 0.336 e. The van der Waals surface area contributed by atoms with Gasteiger partial charge in [0.25, 0.3) is 11.8 Å². The molecule has 2 aromatic rings. The number of amides is 2. The van der Waals surface area contributed by atoms with Gasteiger partial charge in [-0.15, -0.1) is 0 Å². The molecule has 148 valence electrons. The molecular weight excluding hydrogens is 358 g/mol. The highest BCUT2D eigenvalue weighted by Crippen LogP contribution is 2.25. The van der Waals surface area contributed by atoms with Crippen molar-refractivity contribution in [3.05, 3.63) is 53.3 Å². The molecule has 1 aliphatic rings. The second-order valence-corrected chi connectivity index (χ2v) is 7.77. The predicted molar refractivity (Wildman–Crippen MR) is 102 cm³/mol. The Morgan fingerprint density at radius 3 is 2.14 bits per heavy atom. The number of carbonyl (C=O) groups excluding carboxylic acids is 3. The fraction of sp³-hybridized carbons (Fsp3) is 0.429. The SMILES string of the molecule is CC(C)CC(Cc1ccn(C(C)C)n1)C(=O)ON1C(=O)c2ccccc2C1=O. The van der Waals surface area contributed by atoms with E-state index in [4.69, 9.17) is 4.84 Å². The highest BCUT2D eigenvalue weighted by atomic mass is 16.7. The zero-order chi connectivity index (χ0) is 20.4. The Morgan fingerprint density at radius 1 is 1.04 bits per heavy atom. The molecule has 1 aromatic heterocycles. The van der Waals surface area contributed by atoms with Crippen molar-refractivity contribution >= 4 is 17.8 Å². The minimum absolute atomic E-state index is 0.225. The molecule has 7 heteroatoms. The van der Waals surface area contributed by atoms with E-state index in [0.29, 0.717) is 17.9 Å². The summed E-state index contributed by atoms with van der Waals surface area (Å²) in [5.74, 6) is -2.07. The molecule has 28 heavy (non-hydrogen) atoms. The van der Waals surface area contributed by atoms with Crippen LogP contribution in [0.25, 0.3) is 0 Å². The maximum absolute atomic E-state index is 12.8. The number of fused-ring (bicyclic) bond motifs is 1. The summed E-state index contributed by atoms with van der Waals surface area (Å²) in [6, 6.07) is 8.54. The molecule has 1 aromatic carbocycles. The molecule has 0 spiro atoms. The lowest BCUT2D eigenvalue weighted by Crippen LogP contribution is -2.36. The molecule has 7 nitrogen and oxygen atoms in total. The van der Waals surface area contributed by atoms with Crippen molar-refractivity contribution in [1.29, 1.82) is 0 Å². The van der Waals surface area contributed by atoms with Crippen LogP contribution in [0, 0.1) is 11.8 Å². The predicted octanol–water partition coefficient (Wildman–Crippen LogP) is 3.42. The van der Waals surface area contributed by atoms with E-state index in [9.17, 15) is 14.4 Å². The standard InChI is InChI=1S/C21H25N3O4/c1-13(2)11-15(12-16-9-10-23(22-16)14(3)4)21(27)28-24-19(25)17-7-5-6-8-18(17)20(24)26/h5-10,13-15H,11-12H2,1-4H3. The summed E-state index contributed by atoms with van der Waals surface area (Å²) in [5, 5.41) is 5.07. The van der Waals surface area contributed by atoms with Crippen molar-refractivity contribution in [2.24, 2.45) is 11.8 Å². The van der Waals surface area contributed by atoms with Crippen LogP contribution in [-0.4, -0.2) is 32.6 Å². The van der Waals surface area contributed by atoms with Crippen molar-refractivity contribution in [3.8, 4) is 0 Å². The highest BCUT2D eigenvalue weighted by molar-refractivity contribution is 6.20. The molecule has 0 saturated carbocycles. The first-order valence-corrected chi connectivity index (χ1v) is 9.51. The van der Waals surface area contributed by atoms with Crippen LogP contribution in [0.2, 0.25) is 0 Å². The van der Waals surface area contributed by atoms with Gasteiger partial charge in [-0.05, 0) is 44.4 Å². The van der Waals surface area contributed by atoms with Crippen molar-refractivity contribution in [2.45, 2.75) is 46.6 Å². The lowest BCUT2D eigenvalue weighted by molar-refractivity contribution is -0.174. The molecule has 0 fully saturated rings. The van der Waals surface area contributed by atoms with Crippen molar-refractivity contribution in [1.82, 2.24) is 14.8 Å². The molecule has 0 bridgehead atoms. The lowest BCUT2D eigenvalue weighted by Gasteiger charge is -2.20. The normalized spacial score (nSPS) is 14.7. The summed E-state index contributed by atoms with van der Waals surface area (Å²) < 4.78 is 1.83. The van der Waals surface area contributed by atoms with Gasteiger partial charge in [-0.3, -0.25) is 14.3 Å². The van der Waals surface area contributed by atoms with Gasteiger partial charge in [0.05, 0.1) is 22.7 Å². The molecule has 0 radical (unpaired) electrons. The Bertz CT molecular complexity index is 866. The second kappa shape index (κ2) is 7.96. The topological polar surface area (TPSA) is 81.5 Å². The first kappa shape index (κ1) is 19.8. The summed E-state index contributed by atoms with van der Waals surface area (Å²) >= 11 is 0. The Balaban J connectivity index is 1.75. The van der Waals surface area contributed by atoms with E-state index in [1.165, 1.54) is 0 Å². The molecular formula is C21H25N3O4. The van der Waals surface area contributed by atoms with E-state index >= 15 is 0 Å². The van der Waals surface area contributed by atoms with Crippen LogP contribution in [0.15, 0.2) is 36.5 Å². The van der Waals surface area contributed by atoms with E-state index in [1.807, 2.05) is 44.6 Å². The molecule has 1 aliphatic heterocycles. The maximum atomic E-state index is 12.8. The van der Waals surface area contributed by atoms with Crippen LogP contribution in [-0.2, 0) is 16.1 Å². The number of aromatic nitrogens is 2. The number of nitrogens with zero attached hydrogens (tertiary/aromatic N) is 3. The average Bonchev–Trinajstić information content (AvgIpc) is 3.20. The van der Waals surface area contributed by atoms with E-state index in [0.717, 1.165) is 5.69 Å². The van der Waals surface area contributed by atoms with Crippen LogP contribution in [0.3, 0.4) is 0 Å². The quantitative estimate of drug-likeness (QED) is 0.684. The smallest absolute Gasteiger partial charge is 0.329 e. The van der Waals surface area contributed by atoms with Gasteiger partial charge >= 0.3 is 5.97 Å². The third kappa shape index (κ3) is 3.98. The minimum atomic E-state index is -0.610. The van der Waals surface area contributed by atoms with Crippen molar-refractivity contribution in [2.75, 3.05) is 0 Å². The first-order valence-electron chi connectivity index (χ1n) is 9.51. The third-order valence-corrected chi connectivity index (χ3v) is 4.68. The fourth-order valence-electron chi connectivity index (χ4n) is 3.27. The number of imide groups is 1. The van der Waals surface area contributed by atoms with Crippen molar-refractivity contribution < 1.29 is 19.2 Å². The summed E-state index contributed by atoms with van der Waals surface area (Å²) in [7, 11) is 0. The van der Waals surface area contributed by atoms with Crippen LogP contribution in [0.4, 0.5) is 0 Å². The lowest BCUT2D eigenvalue weighted by atomic mass is 9.93. The highest BCUT2D eigenvalue weighted by Gasteiger charge is 2.39. The number of hydrogen-bond acceptors (Lipinski definition) is 5. The molecule has 2 heterocycles. The van der Waals surface area contributed by atoms with Gasteiger partial charge < -0.3 is 4.84 Å². The first-order chi connectivity index (χ1) is 13.3. The van der Waals surface area contributed by atoms with Gasteiger partial charge in [0.2, 0.25) is 0 Å². The number of benzene rings is 1. The van der Waals surface area contributed by atoms with E-state index in [2.05, 4.69) is 5.10 Å². The molecule has 1 unspecified atom stereocenters. The Kier molecular flexibility index (Phi) is 5.63. The van der Waals surface area contributed by atoms with Gasteiger partial charge in [0.15, 0.2) is 0 Å². The summed E-state index contributed by atoms with van der Waals surface area (Å²) in [4.78, 5) is 43.0. The van der Waals surface area contributed by atoms with Crippen LogP contribution < -0.4 is 0 Å². The Hall–Kier alpha value is -2.96. The third-order valence-electron chi connectivity index (χ3n) is 4.68. The number of rotatable bonds is 7. The van der Waals surface area contributed by atoms with Gasteiger partial charge in [0.1, 0.15) is 0 Å². The molecule has 1 atom stereocenters. The fourth-order valence-corrected chi connectivity index (χ4v) is 3.27. The summed E-state index contributed by atoms with van der Waals surface area (Å²) in [5.41, 5.74) is 1.27. The monoisotopic (exact) mass is 383 g/mol. The van der Waals surface area contributed by atoms with Crippen LogP contribution in [0.1, 0.15) is 66.6 Å². The molecule has 2 amide bonds. The largest absolute Gasteiger partial charge is 0.336 e. The zero-order valence-electron chi connectivity index (χ0n) is 16.6. The summed E-state index contributed by atoms with van der Waals surface area (Å²) in [6.45, 7) is 8.07. The Morgan fingerprint density at radius 2 is 1.64 bits per heavy atom. The van der Waals surface area contributed by atoms with E-state index < -0.39 is 23.7 Å². The number of hydrogen-bond donors (Lipinski definition) is 0. The van der Waals surface area contributed by atoms with Gasteiger partial charge in [-0.25, -0.2) is 4.79 Å². The number of carbonyl (C=O) groups is 3. The van der Waals surface area contributed by atoms with Gasteiger partial charge in [-0.1, -0.05) is 31.0 Å². The number of hydroxylamine groups is 2. The van der Waals surface area contributed by atoms with Gasteiger partial charge in [0, 0.05) is 18.7 Å². The molecule has 0 saturated heterocycles. The minimum Gasteiger partial charge on any atom is -0.329 e. The van der Waals surface area contributed by atoms with Crippen LogP contribution >= 0.6 is 0 Å². The van der Waals surface area contributed by atoms with Crippen LogP contribution in [0.5, 0.6) is 0 Å². The average molecular weight is 383 g/mol. The van der Waals surface area contributed by atoms with E-state index in [1.54, 1.807) is 24.3 Å². The van der Waals surface area contributed by atoms with Gasteiger partial charge in [-0.2, -0.15) is 5.10 Å². The molecule has 0 aliphatic carbocycles. The molecule has 0 N–H and O–H groups in total. The van der Waals surface area contributed by atoms with Crippen molar-refractivity contribution in [3.63, 3.8) is 0 Å². The zero-order valence-corrected chi connectivity index (χ0v) is 16.6. The van der Waals surface area contributed by atoms with E-state index in [-0.39, 0.29) is 23.1 Å².